The van der Waals surface area contributed by atoms with Crippen molar-refractivity contribution in [2.24, 2.45) is 0 Å². The molecule has 0 saturated heterocycles. The maximum absolute atomic E-state index is 6.03. The van der Waals surface area contributed by atoms with Gasteiger partial charge in [-0.2, -0.15) is 0 Å². The largest absolute Gasteiger partial charge is 0.496 e. The zero-order valence-electron chi connectivity index (χ0n) is 8.34. The monoisotopic (exact) mass is 241 g/mol. The standard InChI is InChI=1S/C11H9Cl2NO/c1-6-5-7-9(15-2)4-3-8(12)10(7)14-11(6)13/h3-5H,1-2H3. The molecule has 1 heterocycles. The van der Waals surface area contributed by atoms with Crippen LogP contribution in [0.25, 0.3) is 10.9 Å². The minimum Gasteiger partial charge on any atom is -0.496 e. The molecule has 0 radical (unpaired) electrons. The average Bonchev–Trinajstić information content (AvgIpc) is 2.22. The average molecular weight is 242 g/mol. The number of halogens is 2. The van der Waals surface area contributed by atoms with Crippen molar-refractivity contribution in [3.05, 3.63) is 33.9 Å². The summed E-state index contributed by atoms with van der Waals surface area (Å²) in [7, 11) is 1.62. The van der Waals surface area contributed by atoms with Crippen molar-refractivity contribution in [2.45, 2.75) is 6.92 Å². The molecule has 0 aliphatic heterocycles. The smallest absolute Gasteiger partial charge is 0.132 e. The number of hydrogen-bond acceptors (Lipinski definition) is 2. The Balaban J connectivity index is 2.88. The summed E-state index contributed by atoms with van der Waals surface area (Å²) < 4.78 is 5.24. The van der Waals surface area contributed by atoms with Gasteiger partial charge in [-0.3, -0.25) is 0 Å². The molecule has 0 aliphatic rings. The Kier molecular flexibility index (Phi) is 2.72. The Bertz CT molecular complexity index is 525. The molecular weight excluding hydrogens is 233 g/mol. The maximum atomic E-state index is 6.03. The summed E-state index contributed by atoms with van der Waals surface area (Å²) in [6.07, 6.45) is 0. The first-order valence-corrected chi connectivity index (χ1v) is 5.18. The highest BCUT2D eigenvalue weighted by Crippen LogP contribution is 2.32. The van der Waals surface area contributed by atoms with E-state index in [-0.39, 0.29) is 0 Å². The third-order valence-corrected chi connectivity index (χ3v) is 2.93. The van der Waals surface area contributed by atoms with E-state index in [4.69, 9.17) is 27.9 Å². The summed E-state index contributed by atoms with van der Waals surface area (Å²) in [5.41, 5.74) is 1.58. The van der Waals surface area contributed by atoms with Gasteiger partial charge in [0.05, 0.1) is 17.6 Å². The molecule has 1 aromatic carbocycles. The van der Waals surface area contributed by atoms with E-state index in [1.165, 1.54) is 0 Å². The van der Waals surface area contributed by atoms with Crippen molar-refractivity contribution in [3.8, 4) is 5.75 Å². The maximum Gasteiger partial charge on any atom is 0.132 e. The first kappa shape index (κ1) is 10.5. The zero-order valence-corrected chi connectivity index (χ0v) is 9.86. The SMILES string of the molecule is COc1ccc(Cl)c2nc(Cl)c(C)cc12. The predicted molar refractivity (Wildman–Crippen MR) is 63.1 cm³/mol. The van der Waals surface area contributed by atoms with E-state index in [9.17, 15) is 0 Å². The van der Waals surface area contributed by atoms with E-state index in [1.54, 1.807) is 13.2 Å². The van der Waals surface area contributed by atoms with Gasteiger partial charge in [-0.25, -0.2) is 4.98 Å². The molecule has 0 spiro atoms. The number of benzene rings is 1. The van der Waals surface area contributed by atoms with Crippen molar-refractivity contribution < 1.29 is 4.74 Å². The molecule has 0 unspecified atom stereocenters. The Morgan fingerprint density at radius 2 is 2.00 bits per heavy atom. The van der Waals surface area contributed by atoms with Crippen LogP contribution in [0.4, 0.5) is 0 Å². The Morgan fingerprint density at radius 1 is 1.27 bits per heavy atom. The Hall–Kier alpha value is -0.990. The summed E-state index contributed by atoms with van der Waals surface area (Å²) in [6, 6.07) is 5.50. The van der Waals surface area contributed by atoms with E-state index in [0.29, 0.717) is 15.7 Å². The summed E-state index contributed by atoms with van der Waals surface area (Å²) in [5.74, 6) is 0.752. The lowest BCUT2D eigenvalue weighted by atomic mass is 10.1. The zero-order chi connectivity index (χ0) is 11.0. The van der Waals surface area contributed by atoms with Gasteiger partial charge in [-0.1, -0.05) is 23.2 Å². The highest BCUT2D eigenvalue weighted by Gasteiger charge is 2.09. The normalized spacial score (nSPS) is 10.7. The number of fused-ring (bicyclic) bond motifs is 1. The molecule has 0 N–H and O–H groups in total. The van der Waals surface area contributed by atoms with Crippen LogP contribution in [-0.2, 0) is 0 Å². The number of methoxy groups -OCH3 is 1. The van der Waals surface area contributed by atoms with E-state index in [2.05, 4.69) is 4.98 Å². The van der Waals surface area contributed by atoms with E-state index in [1.807, 2.05) is 19.1 Å². The quantitative estimate of drug-likeness (QED) is 0.708. The van der Waals surface area contributed by atoms with Gasteiger partial charge in [0.25, 0.3) is 0 Å². The number of aryl methyl sites for hydroxylation is 1. The molecule has 0 atom stereocenters. The van der Waals surface area contributed by atoms with Crippen LogP contribution >= 0.6 is 23.2 Å². The highest BCUT2D eigenvalue weighted by atomic mass is 35.5. The Labute approximate surface area is 97.8 Å². The van der Waals surface area contributed by atoms with Gasteiger partial charge in [-0.05, 0) is 30.7 Å². The van der Waals surface area contributed by atoms with Gasteiger partial charge in [0, 0.05) is 5.39 Å². The fourth-order valence-corrected chi connectivity index (χ4v) is 1.80. The molecule has 2 nitrogen and oxygen atoms in total. The topological polar surface area (TPSA) is 22.1 Å². The molecule has 0 saturated carbocycles. The van der Waals surface area contributed by atoms with Crippen LogP contribution < -0.4 is 4.74 Å². The molecule has 4 heteroatoms. The number of aromatic nitrogens is 1. The first-order valence-electron chi connectivity index (χ1n) is 4.43. The second-order valence-corrected chi connectivity index (χ2v) is 4.01. The summed E-state index contributed by atoms with van der Waals surface area (Å²) in [4.78, 5) is 4.24. The first-order chi connectivity index (χ1) is 7.13. The second-order valence-electron chi connectivity index (χ2n) is 3.24. The fourth-order valence-electron chi connectivity index (χ4n) is 1.46. The summed E-state index contributed by atoms with van der Waals surface area (Å²) in [6.45, 7) is 1.90. The van der Waals surface area contributed by atoms with Gasteiger partial charge >= 0.3 is 0 Å². The van der Waals surface area contributed by atoms with Crippen molar-refractivity contribution in [2.75, 3.05) is 7.11 Å². The third-order valence-electron chi connectivity index (χ3n) is 2.24. The van der Waals surface area contributed by atoms with Gasteiger partial charge in [0.2, 0.25) is 0 Å². The van der Waals surface area contributed by atoms with Crippen molar-refractivity contribution in [3.63, 3.8) is 0 Å². The summed E-state index contributed by atoms with van der Waals surface area (Å²) in [5, 5.41) is 1.93. The predicted octanol–water partition coefficient (Wildman–Crippen LogP) is 3.86. The van der Waals surface area contributed by atoms with E-state index in [0.717, 1.165) is 16.7 Å². The molecule has 1 aromatic heterocycles. The van der Waals surface area contributed by atoms with Crippen molar-refractivity contribution in [1.82, 2.24) is 4.98 Å². The lowest BCUT2D eigenvalue weighted by Gasteiger charge is -2.07. The molecule has 0 amide bonds. The van der Waals surface area contributed by atoms with Crippen LogP contribution in [-0.4, -0.2) is 12.1 Å². The van der Waals surface area contributed by atoms with Crippen LogP contribution in [0.5, 0.6) is 5.75 Å². The van der Waals surface area contributed by atoms with Crippen LogP contribution in [0.1, 0.15) is 5.56 Å². The number of ether oxygens (including phenoxy) is 1. The van der Waals surface area contributed by atoms with E-state index >= 15 is 0 Å². The molecule has 2 rings (SSSR count). The number of nitrogens with zero attached hydrogens (tertiary/aromatic N) is 1. The van der Waals surface area contributed by atoms with Crippen LogP contribution in [0.3, 0.4) is 0 Å². The lowest BCUT2D eigenvalue weighted by molar-refractivity contribution is 0.419. The van der Waals surface area contributed by atoms with E-state index < -0.39 is 0 Å². The molecule has 0 aliphatic carbocycles. The summed E-state index contributed by atoms with van der Waals surface area (Å²) >= 11 is 12.0. The molecule has 0 bridgehead atoms. The fraction of sp³-hybridized carbons (Fsp3) is 0.182. The molecule has 78 valence electrons. The number of hydrogen-bond donors (Lipinski definition) is 0. The Morgan fingerprint density at radius 3 is 2.67 bits per heavy atom. The molecule has 0 fully saturated rings. The van der Waals surface area contributed by atoms with Gasteiger partial charge < -0.3 is 4.74 Å². The molecular formula is C11H9Cl2NO. The highest BCUT2D eigenvalue weighted by molar-refractivity contribution is 6.36. The molecule has 15 heavy (non-hydrogen) atoms. The van der Waals surface area contributed by atoms with Crippen molar-refractivity contribution >= 4 is 34.1 Å². The third kappa shape index (κ3) is 1.75. The number of pyridine rings is 1. The van der Waals surface area contributed by atoms with Crippen LogP contribution in [0.15, 0.2) is 18.2 Å². The van der Waals surface area contributed by atoms with Gasteiger partial charge in [0.15, 0.2) is 0 Å². The minimum atomic E-state index is 0.470. The van der Waals surface area contributed by atoms with Gasteiger partial charge in [-0.15, -0.1) is 0 Å². The second kappa shape index (κ2) is 3.87. The van der Waals surface area contributed by atoms with Crippen LogP contribution in [0.2, 0.25) is 10.2 Å². The lowest BCUT2D eigenvalue weighted by Crippen LogP contribution is -1.90. The van der Waals surface area contributed by atoms with Crippen molar-refractivity contribution in [1.29, 1.82) is 0 Å². The minimum absolute atomic E-state index is 0.470. The molecule has 2 aromatic rings. The number of rotatable bonds is 1. The van der Waals surface area contributed by atoms with Crippen LogP contribution in [0, 0.1) is 6.92 Å². The van der Waals surface area contributed by atoms with Gasteiger partial charge in [0.1, 0.15) is 10.9 Å².